The van der Waals surface area contributed by atoms with Gasteiger partial charge < -0.3 is 15.3 Å². The van der Waals surface area contributed by atoms with E-state index in [4.69, 9.17) is 10.1 Å². The lowest BCUT2D eigenvalue weighted by Crippen LogP contribution is -2.17. The second-order valence-corrected chi connectivity index (χ2v) is 10.9. The number of halogens is 1. The maximum absolute atomic E-state index is 10.8. The predicted octanol–water partition coefficient (Wildman–Crippen LogP) is 8.07. The third kappa shape index (κ3) is 7.08. The van der Waals surface area contributed by atoms with Crippen molar-refractivity contribution < 1.29 is 9.90 Å². The summed E-state index contributed by atoms with van der Waals surface area (Å²) in [4.78, 5) is 18.0. The fourth-order valence-electron chi connectivity index (χ4n) is 3.87. The number of aliphatic carboxylic acids is 1. The van der Waals surface area contributed by atoms with E-state index in [1.165, 1.54) is 5.56 Å². The van der Waals surface area contributed by atoms with Crippen molar-refractivity contribution in [2.45, 2.75) is 32.7 Å². The number of anilines is 2. The highest BCUT2D eigenvalue weighted by molar-refractivity contribution is 9.10. The molecule has 0 spiro atoms. The lowest BCUT2D eigenvalue weighted by Gasteiger charge is -2.23. The topological polar surface area (TPSA) is 65.5 Å². The molecule has 0 atom stereocenters. The average molecular weight is 577 g/mol. The molecule has 37 heavy (non-hydrogen) atoms. The first-order valence-corrected chi connectivity index (χ1v) is 13.8. The minimum absolute atomic E-state index is 0.0533. The van der Waals surface area contributed by atoms with Crippen LogP contribution in [0, 0.1) is 0 Å². The van der Waals surface area contributed by atoms with Crippen molar-refractivity contribution in [3.63, 3.8) is 0 Å². The molecule has 0 aliphatic rings. The van der Waals surface area contributed by atoms with Crippen LogP contribution in [-0.4, -0.2) is 22.6 Å². The Bertz CT molecular complexity index is 1350. The van der Waals surface area contributed by atoms with Crippen molar-refractivity contribution in [3.05, 3.63) is 106 Å². The van der Waals surface area contributed by atoms with E-state index in [0.717, 1.165) is 37.7 Å². The minimum Gasteiger partial charge on any atom is -0.481 e. The number of aromatic nitrogens is 1. The number of carboxylic acids is 1. The molecule has 0 aliphatic heterocycles. The zero-order valence-electron chi connectivity index (χ0n) is 20.9. The number of nitrogens with zero attached hydrogens (tertiary/aromatic N) is 2. The molecule has 0 fully saturated rings. The van der Waals surface area contributed by atoms with Gasteiger partial charge in [0.25, 0.3) is 0 Å². The Kier molecular flexibility index (Phi) is 8.79. The molecule has 1 aromatic heterocycles. The van der Waals surface area contributed by atoms with Crippen LogP contribution in [0.5, 0.6) is 0 Å². The zero-order valence-corrected chi connectivity index (χ0v) is 23.3. The summed E-state index contributed by atoms with van der Waals surface area (Å²) in [6.07, 6.45) is 0.0533. The maximum atomic E-state index is 10.8. The fraction of sp³-hybridized carbons (Fsp3) is 0.200. The molecule has 2 N–H and O–H groups in total. The Morgan fingerprint density at radius 2 is 1.73 bits per heavy atom. The van der Waals surface area contributed by atoms with E-state index in [9.17, 15) is 4.79 Å². The Balaban J connectivity index is 1.58. The second-order valence-electron chi connectivity index (χ2n) is 9.10. The van der Waals surface area contributed by atoms with E-state index in [1.807, 2.05) is 24.3 Å². The standard InChI is InChI=1S/C30H30BrN3O2S/c1-20(2)23-10-14-27(15-11-23)34(30-33-28(19-37-30)25-8-12-26(31)13-9-25)18-22-4-6-24(7-5-22)21(3)32-17-16-29(35)36/h4-15,19-20,32H,3,16-18H2,1-2H3,(H,35,36). The van der Waals surface area contributed by atoms with E-state index < -0.39 is 5.97 Å². The van der Waals surface area contributed by atoms with E-state index in [2.05, 4.69) is 100 Å². The first kappa shape index (κ1) is 26.6. The van der Waals surface area contributed by atoms with Crippen LogP contribution in [0.1, 0.15) is 42.9 Å². The molecule has 0 radical (unpaired) electrons. The third-order valence-electron chi connectivity index (χ3n) is 6.05. The van der Waals surface area contributed by atoms with Gasteiger partial charge in [0.2, 0.25) is 0 Å². The number of carboxylic acid groups (broad SMARTS) is 1. The first-order valence-electron chi connectivity index (χ1n) is 12.1. The number of nitrogens with one attached hydrogen (secondary N) is 1. The van der Waals surface area contributed by atoms with Gasteiger partial charge >= 0.3 is 5.97 Å². The highest BCUT2D eigenvalue weighted by Crippen LogP contribution is 2.34. The summed E-state index contributed by atoms with van der Waals surface area (Å²) in [5.41, 5.74) is 7.22. The smallest absolute Gasteiger partial charge is 0.305 e. The molecule has 0 saturated carbocycles. The summed E-state index contributed by atoms with van der Waals surface area (Å²) < 4.78 is 1.04. The summed E-state index contributed by atoms with van der Waals surface area (Å²) in [6.45, 7) is 9.45. The van der Waals surface area contributed by atoms with Crippen LogP contribution in [0.3, 0.4) is 0 Å². The lowest BCUT2D eigenvalue weighted by molar-refractivity contribution is -0.136. The van der Waals surface area contributed by atoms with Gasteiger partial charge in [-0.05, 0) is 46.9 Å². The molecular weight excluding hydrogens is 546 g/mol. The highest BCUT2D eigenvalue weighted by atomic mass is 79.9. The van der Waals surface area contributed by atoms with Crippen LogP contribution in [0.15, 0.2) is 89.2 Å². The molecule has 0 amide bonds. The summed E-state index contributed by atoms with van der Waals surface area (Å²) in [5.74, 6) is -0.362. The first-order chi connectivity index (χ1) is 17.8. The Hall–Kier alpha value is -3.42. The molecule has 1 heterocycles. The monoisotopic (exact) mass is 575 g/mol. The van der Waals surface area contributed by atoms with Gasteiger partial charge in [-0.2, -0.15) is 0 Å². The van der Waals surface area contributed by atoms with Crippen LogP contribution in [0.25, 0.3) is 17.0 Å². The molecule has 7 heteroatoms. The molecule has 190 valence electrons. The fourth-order valence-corrected chi connectivity index (χ4v) is 4.98. The quantitative estimate of drug-likeness (QED) is 0.189. The number of thiazole rings is 1. The van der Waals surface area contributed by atoms with Crippen molar-refractivity contribution in [2.75, 3.05) is 11.4 Å². The average Bonchev–Trinajstić information content (AvgIpc) is 3.38. The van der Waals surface area contributed by atoms with E-state index in [0.29, 0.717) is 24.7 Å². The molecule has 0 bridgehead atoms. The van der Waals surface area contributed by atoms with Crippen molar-refractivity contribution in [1.82, 2.24) is 10.3 Å². The van der Waals surface area contributed by atoms with Gasteiger partial charge in [-0.15, -0.1) is 11.3 Å². The number of benzene rings is 3. The van der Waals surface area contributed by atoms with Crippen LogP contribution in [-0.2, 0) is 11.3 Å². The summed E-state index contributed by atoms with van der Waals surface area (Å²) >= 11 is 5.13. The lowest BCUT2D eigenvalue weighted by atomic mass is 10.0. The van der Waals surface area contributed by atoms with Crippen molar-refractivity contribution in [2.24, 2.45) is 0 Å². The molecule has 5 nitrogen and oxygen atoms in total. The Morgan fingerprint density at radius 1 is 1.05 bits per heavy atom. The molecule has 4 rings (SSSR count). The maximum Gasteiger partial charge on any atom is 0.305 e. The van der Waals surface area contributed by atoms with Crippen LogP contribution >= 0.6 is 27.3 Å². The number of hydrogen-bond acceptors (Lipinski definition) is 5. The van der Waals surface area contributed by atoms with Crippen molar-refractivity contribution >= 4 is 49.8 Å². The van der Waals surface area contributed by atoms with Gasteiger partial charge in [0.1, 0.15) is 0 Å². The molecule has 3 aromatic carbocycles. The summed E-state index contributed by atoms with van der Waals surface area (Å²) in [5, 5.41) is 15.0. The molecular formula is C30H30BrN3O2S. The Morgan fingerprint density at radius 3 is 2.35 bits per heavy atom. The SMILES string of the molecule is C=C(NCCC(=O)O)c1ccc(CN(c2ccc(C(C)C)cc2)c2nc(-c3ccc(Br)cc3)cs2)cc1. The molecule has 0 aliphatic carbocycles. The van der Waals surface area contributed by atoms with Gasteiger partial charge in [-0.25, -0.2) is 4.98 Å². The molecule has 4 aromatic rings. The Labute approximate surface area is 230 Å². The van der Waals surface area contributed by atoms with Crippen LogP contribution in [0.2, 0.25) is 0 Å². The van der Waals surface area contributed by atoms with Gasteiger partial charge in [-0.1, -0.05) is 84.9 Å². The second kappa shape index (κ2) is 12.2. The van der Waals surface area contributed by atoms with Gasteiger partial charge in [0.05, 0.1) is 18.7 Å². The van der Waals surface area contributed by atoms with Gasteiger partial charge in [0.15, 0.2) is 5.13 Å². The van der Waals surface area contributed by atoms with Gasteiger partial charge in [-0.3, -0.25) is 4.79 Å². The summed E-state index contributed by atoms with van der Waals surface area (Å²) in [6, 6.07) is 25.1. The number of rotatable bonds is 11. The minimum atomic E-state index is -0.831. The van der Waals surface area contributed by atoms with Crippen molar-refractivity contribution in [1.29, 1.82) is 0 Å². The number of carbonyl (C=O) groups is 1. The highest BCUT2D eigenvalue weighted by Gasteiger charge is 2.16. The number of hydrogen-bond donors (Lipinski definition) is 2. The van der Waals surface area contributed by atoms with Crippen LogP contribution in [0.4, 0.5) is 10.8 Å². The van der Waals surface area contributed by atoms with E-state index in [1.54, 1.807) is 11.3 Å². The van der Waals surface area contributed by atoms with E-state index in [-0.39, 0.29) is 6.42 Å². The zero-order chi connectivity index (χ0) is 26.4. The third-order valence-corrected chi connectivity index (χ3v) is 7.45. The van der Waals surface area contributed by atoms with E-state index >= 15 is 0 Å². The van der Waals surface area contributed by atoms with Crippen LogP contribution < -0.4 is 10.2 Å². The largest absolute Gasteiger partial charge is 0.481 e. The summed E-state index contributed by atoms with van der Waals surface area (Å²) in [7, 11) is 0. The van der Waals surface area contributed by atoms with Crippen molar-refractivity contribution in [3.8, 4) is 11.3 Å². The molecule has 0 saturated heterocycles. The molecule has 0 unspecified atom stereocenters. The normalized spacial score (nSPS) is 10.9. The van der Waals surface area contributed by atoms with Gasteiger partial charge in [0, 0.05) is 33.3 Å². The predicted molar refractivity (Wildman–Crippen MR) is 157 cm³/mol.